The molecule has 0 radical (unpaired) electrons. The monoisotopic (exact) mass is 282 g/mol. The Morgan fingerprint density at radius 2 is 1.85 bits per heavy atom. The first-order valence-corrected chi connectivity index (χ1v) is 6.90. The average molecular weight is 282 g/mol. The highest BCUT2D eigenvalue weighted by atomic mass is 16.6. The fourth-order valence-electron chi connectivity index (χ4n) is 3.36. The minimum absolute atomic E-state index is 0.0945. The summed E-state index contributed by atoms with van der Waals surface area (Å²) in [6.45, 7) is 1.17. The van der Waals surface area contributed by atoms with Crippen LogP contribution in [0.25, 0.3) is 0 Å². The van der Waals surface area contributed by atoms with Gasteiger partial charge in [-0.1, -0.05) is 12.2 Å². The van der Waals surface area contributed by atoms with Gasteiger partial charge in [0.05, 0.1) is 31.3 Å². The van der Waals surface area contributed by atoms with Crippen molar-refractivity contribution in [2.75, 3.05) is 13.2 Å². The second kappa shape index (κ2) is 4.86. The van der Waals surface area contributed by atoms with Crippen LogP contribution >= 0.6 is 0 Å². The van der Waals surface area contributed by atoms with E-state index in [1.54, 1.807) is 6.08 Å². The SMILES string of the molecule is O=C(O)C1C(CC2CO2)CC=CC1(CC1CO1)C(=O)O. The van der Waals surface area contributed by atoms with Crippen molar-refractivity contribution in [3.8, 4) is 0 Å². The second-order valence-electron chi connectivity index (χ2n) is 5.91. The van der Waals surface area contributed by atoms with E-state index in [2.05, 4.69) is 0 Å². The molecular weight excluding hydrogens is 264 g/mol. The van der Waals surface area contributed by atoms with Crippen molar-refractivity contribution in [3.63, 3.8) is 0 Å². The number of aliphatic carboxylic acids is 2. The van der Waals surface area contributed by atoms with E-state index in [1.165, 1.54) is 0 Å². The molecule has 0 aromatic heterocycles. The zero-order valence-electron chi connectivity index (χ0n) is 11.0. The topological polar surface area (TPSA) is 99.7 Å². The Morgan fingerprint density at radius 3 is 2.35 bits per heavy atom. The number of rotatable bonds is 6. The lowest BCUT2D eigenvalue weighted by Gasteiger charge is -2.39. The molecule has 2 heterocycles. The summed E-state index contributed by atoms with van der Waals surface area (Å²) in [5.74, 6) is -3.22. The predicted molar refractivity (Wildman–Crippen MR) is 67.2 cm³/mol. The Morgan fingerprint density at radius 1 is 1.20 bits per heavy atom. The maximum atomic E-state index is 11.8. The van der Waals surface area contributed by atoms with Crippen molar-refractivity contribution < 1.29 is 29.3 Å². The predicted octanol–water partition coefficient (Wildman–Crippen LogP) is 0.912. The Labute approximate surface area is 116 Å². The van der Waals surface area contributed by atoms with E-state index in [0.29, 0.717) is 26.1 Å². The third-order valence-corrected chi connectivity index (χ3v) is 4.48. The van der Waals surface area contributed by atoms with Gasteiger partial charge in [-0.3, -0.25) is 9.59 Å². The number of hydrogen-bond acceptors (Lipinski definition) is 4. The van der Waals surface area contributed by atoms with E-state index >= 15 is 0 Å². The molecule has 0 aromatic rings. The molecule has 2 saturated heterocycles. The summed E-state index contributed by atoms with van der Waals surface area (Å²) >= 11 is 0. The standard InChI is InChI=1S/C14H18O6/c15-12(16)11-8(4-9-6-19-9)2-1-3-14(11,13(17)18)5-10-7-20-10/h1,3,8-11H,2,4-7H2,(H,15,16)(H,17,18). The summed E-state index contributed by atoms with van der Waals surface area (Å²) in [6, 6.07) is 0. The van der Waals surface area contributed by atoms with Crippen LogP contribution in [0.1, 0.15) is 19.3 Å². The molecule has 6 nitrogen and oxygen atoms in total. The Balaban J connectivity index is 1.90. The summed E-state index contributed by atoms with van der Waals surface area (Å²) in [5.41, 5.74) is -1.36. The van der Waals surface area contributed by atoms with Gasteiger partial charge in [-0.25, -0.2) is 0 Å². The van der Waals surface area contributed by atoms with Crippen LogP contribution in [0.15, 0.2) is 12.2 Å². The van der Waals surface area contributed by atoms with Gasteiger partial charge in [0.1, 0.15) is 5.41 Å². The largest absolute Gasteiger partial charge is 0.481 e. The van der Waals surface area contributed by atoms with Crippen molar-refractivity contribution in [2.24, 2.45) is 17.3 Å². The molecule has 0 spiro atoms. The lowest BCUT2D eigenvalue weighted by atomic mass is 9.62. The molecule has 20 heavy (non-hydrogen) atoms. The molecule has 3 aliphatic rings. The van der Waals surface area contributed by atoms with Gasteiger partial charge in [0.25, 0.3) is 0 Å². The van der Waals surface area contributed by atoms with Crippen LogP contribution in [0.5, 0.6) is 0 Å². The van der Waals surface area contributed by atoms with Crippen molar-refractivity contribution in [1.82, 2.24) is 0 Å². The second-order valence-corrected chi connectivity index (χ2v) is 5.91. The fraction of sp³-hybridized carbons (Fsp3) is 0.714. The molecule has 0 aromatic carbocycles. The fourth-order valence-corrected chi connectivity index (χ4v) is 3.36. The maximum Gasteiger partial charge on any atom is 0.314 e. The summed E-state index contributed by atoms with van der Waals surface area (Å²) in [7, 11) is 0. The summed E-state index contributed by atoms with van der Waals surface area (Å²) in [4.78, 5) is 23.5. The van der Waals surface area contributed by atoms with Crippen LogP contribution in [-0.2, 0) is 19.1 Å². The van der Waals surface area contributed by atoms with Crippen LogP contribution in [0.3, 0.4) is 0 Å². The molecule has 110 valence electrons. The van der Waals surface area contributed by atoms with Crippen LogP contribution in [0.2, 0.25) is 0 Å². The molecule has 6 heteroatoms. The number of carboxylic acid groups (broad SMARTS) is 2. The van der Waals surface area contributed by atoms with Crippen molar-refractivity contribution in [1.29, 1.82) is 0 Å². The Bertz CT molecular complexity index is 451. The highest BCUT2D eigenvalue weighted by molar-refractivity contribution is 5.86. The minimum atomic E-state index is -1.36. The summed E-state index contributed by atoms with van der Waals surface area (Å²) in [5, 5.41) is 19.2. The zero-order valence-corrected chi connectivity index (χ0v) is 11.0. The van der Waals surface area contributed by atoms with Gasteiger partial charge in [-0.05, 0) is 25.2 Å². The summed E-state index contributed by atoms with van der Waals surface area (Å²) in [6.07, 6.45) is 4.78. The molecule has 0 saturated carbocycles. The lowest BCUT2D eigenvalue weighted by molar-refractivity contribution is -0.163. The van der Waals surface area contributed by atoms with Crippen LogP contribution in [-0.4, -0.2) is 47.6 Å². The molecule has 2 aliphatic heterocycles. The first-order valence-electron chi connectivity index (χ1n) is 6.90. The van der Waals surface area contributed by atoms with Crippen molar-refractivity contribution >= 4 is 11.9 Å². The molecule has 1 aliphatic carbocycles. The van der Waals surface area contributed by atoms with Crippen LogP contribution in [0, 0.1) is 17.3 Å². The quantitative estimate of drug-likeness (QED) is 0.555. The molecule has 2 fully saturated rings. The van der Waals surface area contributed by atoms with Gasteiger partial charge in [-0.15, -0.1) is 0 Å². The first kappa shape index (κ1) is 13.6. The maximum absolute atomic E-state index is 11.8. The molecule has 2 N–H and O–H groups in total. The van der Waals surface area contributed by atoms with Gasteiger partial charge in [0.15, 0.2) is 0 Å². The highest BCUT2D eigenvalue weighted by Gasteiger charge is 2.55. The van der Waals surface area contributed by atoms with E-state index < -0.39 is 23.3 Å². The van der Waals surface area contributed by atoms with E-state index in [9.17, 15) is 19.8 Å². The third kappa shape index (κ3) is 2.45. The average Bonchev–Trinajstić information content (AvgIpc) is 3.24. The Kier molecular flexibility index (Phi) is 3.30. The van der Waals surface area contributed by atoms with E-state index in [0.717, 1.165) is 0 Å². The molecule has 0 amide bonds. The molecule has 5 atom stereocenters. The van der Waals surface area contributed by atoms with Gasteiger partial charge in [0.2, 0.25) is 0 Å². The smallest absolute Gasteiger partial charge is 0.314 e. The number of allylic oxidation sites excluding steroid dienone is 1. The van der Waals surface area contributed by atoms with Gasteiger partial charge in [0, 0.05) is 0 Å². The van der Waals surface area contributed by atoms with Crippen molar-refractivity contribution in [3.05, 3.63) is 12.2 Å². The van der Waals surface area contributed by atoms with Crippen LogP contribution < -0.4 is 0 Å². The molecule has 5 unspecified atom stereocenters. The highest BCUT2D eigenvalue weighted by Crippen LogP contribution is 2.48. The molecule has 3 rings (SSSR count). The summed E-state index contributed by atoms with van der Waals surface area (Å²) < 4.78 is 10.3. The molecule has 0 bridgehead atoms. The van der Waals surface area contributed by atoms with Crippen LogP contribution in [0.4, 0.5) is 0 Å². The number of hydrogen-bond donors (Lipinski definition) is 2. The number of ether oxygens (including phenoxy) is 2. The van der Waals surface area contributed by atoms with Gasteiger partial charge >= 0.3 is 11.9 Å². The number of carboxylic acids is 2. The van der Waals surface area contributed by atoms with Gasteiger partial charge in [-0.2, -0.15) is 0 Å². The zero-order chi connectivity index (χ0) is 14.3. The van der Waals surface area contributed by atoms with E-state index in [1.807, 2.05) is 6.08 Å². The first-order chi connectivity index (χ1) is 9.53. The van der Waals surface area contributed by atoms with Crippen molar-refractivity contribution in [2.45, 2.75) is 31.5 Å². The van der Waals surface area contributed by atoms with E-state index in [4.69, 9.17) is 9.47 Å². The Hall–Kier alpha value is -1.40. The lowest BCUT2D eigenvalue weighted by Crippen LogP contribution is -2.48. The molecular formula is C14H18O6. The number of carbonyl (C=O) groups is 2. The third-order valence-electron chi connectivity index (χ3n) is 4.48. The van der Waals surface area contributed by atoms with Gasteiger partial charge < -0.3 is 19.7 Å². The minimum Gasteiger partial charge on any atom is -0.481 e. The van der Waals surface area contributed by atoms with E-state index in [-0.39, 0.29) is 24.5 Å². The normalized spacial score (nSPS) is 42.2. The number of epoxide rings is 2.